The number of rotatable bonds is 3. The Hall–Kier alpha value is -1.97. The molecular formula is C13H17N3O. The van der Waals surface area contributed by atoms with Gasteiger partial charge in [0, 0.05) is 12.6 Å². The number of imidazole rings is 1. The first-order valence-corrected chi connectivity index (χ1v) is 5.62. The lowest BCUT2D eigenvalue weighted by Crippen LogP contribution is -1.99. The van der Waals surface area contributed by atoms with Gasteiger partial charge in [-0.2, -0.15) is 0 Å². The summed E-state index contributed by atoms with van der Waals surface area (Å²) in [6.07, 6.45) is 0.843. The minimum Gasteiger partial charge on any atom is -0.497 e. The van der Waals surface area contributed by atoms with Crippen molar-refractivity contribution >= 4 is 5.82 Å². The van der Waals surface area contributed by atoms with Crippen molar-refractivity contribution < 1.29 is 4.74 Å². The number of anilines is 1. The predicted molar refractivity (Wildman–Crippen MR) is 69.0 cm³/mol. The predicted octanol–water partition coefficient (Wildman–Crippen LogP) is 2.24. The molecule has 0 fully saturated rings. The Balaban J connectivity index is 2.45. The molecule has 1 heterocycles. The summed E-state index contributed by atoms with van der Waals surface area (Å²) in [5, 5.41) is 0. The molecule has 17 heavy (non-hydrogen) atoms. The number of benzene rings is 1. The molecule has 0 atom stereocenters. The van der Waals surface area contributed by atoms with Crippen molar-refractivity contribution in [2.45, 2.75) is 13.3 Å². The quantitative estimate of drug-likeness (QED) is 0.881. The minimum atomic E-state index is 0.735. The Morgan fingerprint density at radius 3 is 2.41 bits per heavy atom. The topological polar surface area (TPSA) is 53.1 Å². The Bertz CT molecular complexity index is 514. The number of hydrogen-bond donors (Lipinski definition) is 1. The summed E-state index contributed by atoms with van der Waals surface area (Å²) in [6.45, 7) is 2.05. The average Bonchev–Trinajstić information content (AvgIpc) is 2.66. The van der Waals surface area contributed by atoms with E-state index in [2.05, 4.69) is 11.9 Å². The van der Waals surface area contributed by atoms with Gasteiger partial charge in [-0.15, -0.1) is 0 Å². The number of ether oxygens (including phenoxy) is 1. The van der Waals surface area contributed by atoms with Gasteiger partial charge in [0.2, 0.25) is 0 Å². The zero-order valence-corrected chi connectivity index (χ0v) is 10.4. The SMILES string of the molecule is CCc1nc(-c2ccc(OC)cc2)n(C)c1N. The molecule has 0 radical (unpaired) electrons. The Morgan fingerprint density at radius 1 is 1.29 bits per heavy atom. The van der Waals surface area contributed by atoms with Crippen LogP contribution in [0.25, 0.3) is 11.4 Å². The summed E-state index contributed by atoms with van der Waals surface area (Å²) >= 11 is 0. The van der Waals surface area contributed by atoms with Gasteiger partial charge in [-0.1, -0.05) is 6.92 Å². The second-order valence-electron chi connectivity index (χ2n) is 3.91. The van der Waals surface area contributed by atoms with Crippen molar-refractivity contribution in [3.8, 4) is 17.1 Å². The highest BCUT2D eigenvalue weighted by atomic mass is 16.5. The molecular weight excluding hydrogens is 214 g/mol. The molecule has 2 rings (SSSR count). The molecule has 4 heteroatoms. The van der Waals surface area contributed by atoms with Gasteiger partial charge >= 0.3 is 0 Å². The normalized spacial score (nSPS) is 10.5. The summed E-state index contributed by atoms with van der Waals surface area (Å²) in [5.41, 5.74) is 7.97. The van der Waals surface area contributed by atoms with E-state index in [4.69, 9.17) is 10.5 Å². The van der Waals surface area contributed by atoms with Crippen LogP contribution in [0.1, 0.15) is 12.6 Å². The van der Waals surface area contributed by atoms with E-state index in [0.717, 1.165) is 35.1 Å². The summed E-state index contributed by atoms with van der Waals surface area (Å²) in [6, 6.07) is 7.82. The fraction of sp³-hybridized carbons (Fsp3) is 0.308. The molecule has 0 aliphatic rings. The number of methoxy groups -OCH3 is 1. The molecule has 0 spiro atoms. The second-order valence-corrected chi connectivity index (χ2v) is 3.91. The van der Waals surface area contributed by atoms with Gasteiger partial charge < -0.3 is 15.0 Å². The summed E-state index contributed by atoms with van der Waals surface area (Å²) in [4.78, 5) is 4.55. The molecule has 0 aliphatic carbocycles. The third kappa shape index (κ3) is 1.98. The lowest BCUT2D eigenvalue weighted by molar-refractivity contribution is 0.415. The van der Waals surface area contributed by atoms with Gasteiger partial charge in [0.25, 0.3) is 0 Å². The van der Waals surface area contributed by atoms with Crippen LogP contribution < -0.4 is 10.5 Å². The first kappa shape index (κ1) is 11.5. The molecule has 0 aliphatic heterocycles. The fourth-order valence-corrected chi connectivity index (χ4v) is 1.83. The van der Waals surface area contributed by atoms with E-state index in [0.29, 0.717) is 0 Å². The zero-order chi connectivity index (χ0) is 12.4. The van der Waals surface area contributed by atoms with E-state index in [-0.39, 0.29) is 0 Å². The Kier molecular flexibility index (Phi) is 3.04. The van der Waals surface area contributed by atoms with Gasteiger partial charge in [-0.3, -0.25) is 0 Å². The van der Waals surface area contributed by atoms with Crippen molar-refractivity contribution in [2.75, 3.05) is 12.8 Å². The maximum absolute atomic E-state index is 5.98. The fourth-order valence-electron chi connectivity index (χ4n) is 1.83. The van der Waals surface area contributed by atoms with Gasteiger partial charge in [0.1, 0.15) is 17.4 Å². The van der Waals surface area contributed by atoms with E-state index in [1.54, 1.807) is 7.11 Å². The molecule has 0 amide bonds. The molecule has 0 saturated carbocycles. The lowest BCUT2D eigenvalue weighted by Gasteiger charge is -2.04. The van der Waals surface area contributed by atoms with Crippen molar-refractivity contribution in [3.63, 3.8) is 0 Å². The molecule has 0 bridgehead atoms. The van der Waals surface area contributed by atoms with Crippen LogP contribution in [0.4, 0.5) is 5.82 Å². The van der Waals surface area contributed by atoms with Crippen LogP contribution in [0.5, 0.6) is 5.75 Å². The van der Waals surface area contributed by atoms with Crippen LogP contribution in [0.15, 0.2) is 24.3 Å². The van der Waals surface area contributed by atoms with Crippen LogP contribution in [-0.4, -0.2) is 16.7 Å². The lowest BCUT2D eigenvalue weighted by atomic mass is 10.2. The standard InChI is InChI=1S/C13H17N3O/c1-4-11-12(14)16(2)13(15-11)9-5-7-10(17-3)8-6-9/h5-8H,4,14H2,1-3H3. The molecule has 1 aromatic carbocycles. The monoisotopic (exact) mass is 231 g/mol. The maximum Gasteiger partial charge on any atom is 0.141 e. The highest BCUT2D eigenvalue weighted by Gasteiger charge is 2.11. The van der Waals surface area contributed by atoms with Gasteiger partial charge in [0.05, 0.1) is 12.8 Å². The molecule has 90 valence electrons. The van der Waals surface area contributed by atoms with Crippen molar-refractivity contribution in [1.29, 1.82) is 0 Å². The number of hydrogen-bond acceptors (Lipinski definition) is 3. The summed E-state index contributed by atoms with van der Waals surface area (Å²) < 4.78 is 7.05. The second kappa shape index (κ2) is 4.49. The summed E-state index contributed by atoms with van der Waals surface area (Å²) in [7, 11) is 3.59. The van der Waals surface area contributed by atoms with Crippen LogP contribution in [0.2, 0.25) is 0 Å². The van der Waals surface area contributed by atoms with E-state index in [1.165, 1.54) is 0 Å². The van der Waals surface area contributed by atoms with E-state index in [9.17, 15) is 0 Å². The van der Waals surface area contributed by atoms with Crippen molar-refractivity contribution in [1.82, 2.24) is 9.55 Å². The maximum atomic E-state index is 5.98. The van der Waals surface area contributed by atoms with E-state index < -0.39 is 0 Å². The molecule has 0 unspecified atom stereocenters. The van der Waals surface area contributed by atoms with Crippen molar-refractivity contribution in [3.05, 3.63) is 30.0 Å². The number of nitrogens with two attached hydrogens (primary N) is 1. The minimum absolute atomic E-state index is 0.735. The Morgan fingerprint density at radius 2 is 1.94 bits per heavy atom. The molecule has 1 aromatic heterocycles. The largest absolute Gasteiger partial charge is 0.497 e. The molecule has 2 N–H and O–H groups in total. The molecule has 4 nitrogen and oxygen atoms in total. The third-order valence-electron chi connectivity index (χ3n) is 2.90. The Labute approximate surface area is 101 Å². The van der Waals surface area contributed by atoms with Crippen LogP contribution in [0.3, 0.4) is 0 Å². The first-order chi connectivity index (χ1) is 8.17. The van der Waals surface area contributed by atoms with Crippen molar-refractivity contribution in [2.24, 2.45) is 7.05 Å². The number of aryl methyl sites for hydroxylation is 1. The van der Waals surface area contributed by atoms with Crippen LogP contribution in [-0.2, 0) is 13.5 Å². The first-order valence-electron chi connectivity index (χ1n) is 5.62. The highest BCUT2D eigenvalue weighted by molar-refractivity contribution is 5.61. The number of aromatic nitrogens is 2. The van der Waals surface area contributed by atoms with Gasteiger partial charge in [-0.25, -0.2) is 4.98 Å². The van der Waals surface area contributed by atoms with E-state index >= 15 is 0 Å². The highest BCUT2D eigenvalue weighted by Crippen LogP contribution is 2.25. The average molecular weight is 231 g/mol. The molecule has 2 aromatic rings. The smallest absolute Gasteiger partial charge is 0.141 e. The van der Waals surface area contributed by atoms with E-state index in [1.807, 2.05) is 35.9 Å². The molecule has 0 saturated heterocycles. The van der Waals surface area contributed by atoms with Crippen LogP contribution >= 0.6 is 0 Å². The third-order valence-corrected chi connectivity index (χ3v) is 2.90. The number of nitrogens with zero attached hydrogens (tertiary/aromatic N) is 2. The summed E-state index contributed by atoms with van der Waals surface area (Å²) in [5.74, 6) is 2.46. The van der Waals surface area contributed by atoms with Crippen LogP contribution in [0, 0.1) is 0 Å². The van der Waals surface area contributed by atoms with Gasteiger partial charge in [0.15, 0.2) is 0 Å². The zero-order valence-electron chi connectivity index (χ0n) is 10.4. The number of nitrogen functional groups attached to an aromatic ring is 1. The van der Waals surface area contributed by atoms with Gasteiger partial charge in [-0.05, 0) is 30.7 Å².